The molecule has 0 radical (unpaired) electrons. The van der Waals surface area contributed by atoms with Crippen LogP contribution >= 0.6 is 0 Å². The Morgan fingerprint density at radius 1 is 0.941 bits per heavy atom. The summed E-state index contributed by atoms with van der Waals surface area (Å²) < 4.78 is 49.9. The lowest BCUT2D eigenvalue weighted by atomic mass is 10.1. The maximum absolute atomic E-state index is 13.0. The van der Waals surface area contributed by atoms with E-state index in [0.717, 1.165) is 63.4 Å². The Bertz CT molecular complexity index is 1070. The lowest BCUT2D eigenvalue weighted by molar-refractivity contribution is -0.137. The molecule has 0 N–H and O–H groups in total. The van der Waals surface area contributed by atoms with Gasteiger partial charge in [-0.05, 0) is 32.4 Å². The third-order valence-corrected chi connectivity index (χ3v) is 6.29. The summed E-state index contributed by atoms with van der Waals surface area (Å²) in [5.74, 6) is 1.92. The number of aromatic nitrogens is 4. The molecule has 11 heteroatoms. The molecule has 0 saturated carbocycles. The van der Waals surface area contributed by atoms with E-state index in [2.05, 4.69) is 43.9 Å². The number of alkyl halides is 3. The van der Waals surface area contributed by atoms with Crippen molar-refractivity contribution in [2.45, 2.75) is 58.3 Å². The summed E-state index contributed by atoms with van der Waals surface area (Å²) in [5, 5.41) is 8.00. The Morgan fingerprint density at radius 3 is 2.18 bits per heavy atom. The molecule has 1 aliphatic heterocycles. The first kappa shape index (κ1) is 24.3. The van der Waals surface area contributed by atoms with E-state index in [0.29, 0.717) is 11.8 Å². The minimum absolute atomic E-state index is 0.0243. The van der Waals surface area contributed by atoms with Gasteiger partial charge < -0.3 is 9.05 Å². The van der Waals surface area contributed by atoms with Crippen LogP contribution in [0.3, 0.4) is 0 Å². The second-order valence-electron chi connectivity index (χ2n) is 8.61. The highest BCUT2D eigenvalue weighted by atomic mass is 19.4. The standard InChI is InChI=1S/C23H29F3N6O2/c1-4-5-9-19-27-21(33-29-19)15(2)31-10-12-32(13-11-31)16(3)22-28-20(30-34-22)17-7-6-8-18(14-17)23(24,25)26/h6-8,14-16H,4-5,9-13H2,1-3H3. The third kappa shape index (κ3) is 5.47. The van der Waals surface area contributed by atoms with E-state index in [-0.39, 0.29) is 23.5 Å². The van der Waals surface area contributed by atoms with Crippen LogP contribution in [0.5, 0.6) is 0 Å². The highest BCUT2D eigenvalue weighted by Crippen LogP contribution is 2.32. The molecule has 1 aromatic carbocycles. The highest BCUT2D eigenvalue weighted by Gasteiger charge is 2.32. The monoisotopic (exact) mass is 478 g/mol. The second kappa shape index (κ2) is 10.2. The zero-order valence-electron chi connectivity index (χ0n) is 19.5. The van der Waals surface area contributed by atoms with E-state index in [1.165, 1.54) is 6.07 Å². The Labute approximate surface area is 196 Å². The van der Waals surface area contributed by atoms with Crippen molar-refractivity contribution in [1.29, 1.82) is 0 Å². The number of nitrogens with zero attached hydrogens (tertiary/aromatic N) is 6. The van der Waals surface area contributed by atoms with Gasteiger partial charge in [0.05, 0.1) is 17.6 Å². The van der Waals surface area contributed by atoms with Crippen LogP contribution in [0.4, 0.5) is 13.2 Å². The molecule has 34 heavy (non-hydrogen) atoms. The Kier molecular flexibility index (Phi) is 7.32. The van der Waals surface area contributed by atoms with Crippen LogP contribution in [0.2, 0.25) is 0 Å². The van der Waals surface area contributed by atoms with Gasteiger partial charge in [-0.25, -0.2) is 0 Å². The first-order valence-corrected chi connectivity index (χ1v) is 11.6. The topological polar surface area (TPSA) is 84.3 Å². The van der Waals surface area contributed by atoms with Crippen LogP contribution in [0, 0.1) is 0 Å². The van der Waals surface area contributed by atoms with E-state index >= 15 is 0 Å². The lowest BCUT2D eigenvalue weighted by Crippen LogP contribution is -2.47. The molecule has 2 atom stereocenters. The van der Waals surface area contributed by atoms with Gasteiger partial charge in [-0.15, -0.1) is 0 Å². The molecule has 0 bridgehead atoms. The molecule has 1 aliphatic rings. The van der Waals surface area contributed by atoms with E-state index in [1.54, 1.807) is 6.07 Å². The maximum atomic E-state index is 13.0. The molecular weight excluding hydrogens is 449 g/mol. The van der Waals surface area contributed by atoms with Crippen LogP contribution in [-0.2, 0) is 12.6 Å². The minimum atomic E-state index is -4.43. The van der Waals surface area contributed by atoms with Gasteiger partial charge in [0.25, 0.3) is 0 Å². The van der Waals surface area contributed by atoms with Crippen molar-refractivity contribution >= 4 is 0 Å². The minimum Gasteiger partial charge on any atom is -0.338 e. The molecule has 0 spiro atoms. The molecule has 184 valence electrons. The number of piperazine rings is 1. The van der Waals surface area contributed by atoms with Gasteiger partial charge in [0, 0.05) is 38.2 Å². The number of benzene rings is 1. The van der Waals surface area contributed by atoms with E-state index in [4.69, 9.17) is 9.05 Å². The largest absolute Gasteiger partial charge is 0.416 e. The average Bonchev–Trinajstić information content (AvgIpc) is 3.52. The van der Waals surface area contributed by atoms with Gasteiger partial charge in [0.2, 0.25) is 17.6 Å². The quantitative estimate of drug-likeness (QED) is 0.451. The predicted octanol–water partition coefficient (Wildman–Crippen LogP) is 4.92. The zero-order chi connectivity index (χ0) is 24.3. The number of unbranched alkanes of at least 4 members (excludes halogenated alkanes) is 1. The van der Waals surface area contributed by atoms with Gasteiger partial charge in [0.15, 0.2) is 5.82 Å². The van der Waals surface area contributed by atoms with Gasteiger partial charge in [-0.3, -0.25) is 9.80 Å². The summed E-state index contributed by atoms with van der Waals surface area (Å²) in [6.45, 7) is 9.29. The molecule has 0 amide bonds. The molecule has 3 heterocycles. The summed E-state index contributed by atoms with van der Waals surface area (Å²) in [6, 6.07) is 4.80. The van der Waals surface area contributed by atoms with Crippen molar-refractivity contribution in [3.63, 3.8) is 0 Å². The average molecular weight is 479 g/mol. The Hall–Kier alpha value is -2.79. The number of hydrogen-bond donors (Lipinski definition) is 0. The number of rotatable bonds is 8. The summed E-state index contributed by atoms with van der Waals surface area (Å²) in [6.07, 6.45) is -1.48. The van der Waals surface area contributed by atoms with Crippen LogP contribution in [0.1, 0.15) is 68.9 Å². The normalized spacial score (nSPS) is 17.7. The molecule has 3 aromatic rings. The van der Waals surface area contributed by atoms with Crippen LogP contribution in [0.25, 0.3) is 11.4 Å². The summed E-state index contributed by atoms with van der Waals surface area (Å²) in [7, 11) is 0. The second-order valence-corrected chi connectivity index (χ2v) is 8.61. The van der Waals surface area contributed by atoms with E-state index in [9.17, 15) is 13.2 Å². The van der Waals surface area contributed by atoms with Gasteiger partial charge in [-0.2, -0.15) is 23.1 Å². The molecule has 1 fully saturated rings. The predicted molar refractivity (Wildman–Crippen MR) is 118 cm³/mol. The van der Waals surface area contributed by atoms with E-state index < -0.39 is 11.7 Å². The molecule has 2 unspecified atom stereocenters. The van der Waals surface area contributed by atoms with Crippen molar-refractivity contribution in [3.05, 3.63) is 47.4 Å². The summed E-state index contributed by atoms with van der Waals surface area (Å²) in [5.41, 5.74) is -0.470. The molecule has 0 aliphatic carbocycles. The molecule has 4 rings (SSSR count). The van der Waals surface area contributed by atoms with Crippen molar-refractivity contribution in [3.8, 4) is 11.4 Å². The smallest absolute Gasteiger partial charge is 0.338 e. The van der Waals surface area contributed by atoms with Crippen LogP contribution in [-0.4, -0.2) is 56.3 Å². The number of hydrogen-bond acceptors (Lipinski definition) is 8. The fourth-order valence-electron chi connectivity index (χ4n) is 4.05. The van der Waals surface area contributed by atoms with Crippen molar-refractivity contribution < 1.29 is 22.2 Å². The van der Waals surface area contributed by atoms with Gasteiger partial charge in [0.1, 0.15) is 0 Å². The molecule has 1 saturated heterocycles. The van der Waals surface area contributed by atoms with Gasteiger partial charge in [-0.1, -0.05) is 35.8 Å². The molecule has 8 nitrogen and oxygen atoms in total. The Balaban J connectivity index is 1.35. The third-order valence-electron chi connectivity index (χ3n) is 6.29. The molecular formula is C23H29F3N6O2. The first-order valence-electron chi connectivity index (χ1n) is 11.6. The first-order chi connectivity index (χ1) is 16.3. The van der Waals surface area contributed by atoms with Crippen molar-refractivity contribution in [2.75, 3.05) is 26.2 Å². The summed E-state index contributed by atoms with van der Waals surface area (Å²) in [4.78, 5) is 13.4. The van der Waals surface area contributed by atoms with Crippen LogP contribution in [0.15, 0.2) is 33.3 Å². The Morgan fingerprint density at radius 2 is 1.56 bits per heavy atom. The fraction of sp³-hybridized carbons (Fsp3) is 0.565. The van der Waals surface area contributed by atoms with Crippen molar-refractivity contribution in [1.82, 2.24) is 30.1 Å². The SMILES string of the molecule is CCCCc1noc(C(C)N2CCN(C(C)c3nc(-c4cccc(C(F)(F)F)c4)no3)CC2)n1. The summed E-state index contributed by atoms with van der Waals surface area (Å²) >= 11 is 0. The highest BCUT2D eigenvalue weighted by molar-refractivity contribution is 5.55. The number of aryl methyl sites for hydroxylation is 1. The molecule has 2 aromatic heterocycles. The lowest BCUT2D eigenvalue weighted by Gasteiger charge is -2.38. The van der Waals surface area contributed by atoms with Gasteiger partial charge >= 0.3 is 6.18 Å². The van der Waals surface area contributed by atoms with Crippen LogP contribution < -0.4 is 0 Å². The number of halogens is 3. The fourth-order valence-corrected chi connectivity index (χ4v) is 4.05. The van der Waals surface area contributed by atoms with Crippen molar-refractivity contribution in [2.24, 2.45) is 0 Å². The van der Waals surface area contributed by atoms with E-state index in [1.807, 2.05) is 6.92 Å². The maximum Gasteiger partial charge on any atom is 0.416 e. The zero-order valence-corrected chi connectivity index (χ0v) is 19.5.